The van der Waals surface area contributed by atoms with Crippen LogP contribution >= 0.6 is 0 Å². The van der Waals surface area contributed by atoms with Gasteiger partial charge in [0.1, 0.15) is 0 Å². The zero-order chi connectivity index (χ0) is 12.3. The Bertz CT molecular complexity index is 352. The number of aliphatic hydroxyl groups is 1. The summed E-state index contributed by atoms with van der Waals surface area (Å²) in [7, 11) is 0. The summed E-state index contributed by atoms with van der Waals surface area (Å²) in [6.45, 7) is 6.03. The monoisotopic (exact) mass is 238 g/mol. The molecule has 5 heteroatoms. The molecule has 96 valence electrons. The van der Waals surface area contributed by atoms with Gasteiger partial charge in [-0.25, -0.2) is 4.68 Å². The summed E-state index contributed by atoms with van der Waals surface area (Å²) in [5.41, 5.74) is 0.949. The predicted molar refractivity (Wildman–Crippen MR) is 65.3 cm³/mol. The van der Waals surface area contributed by atoms with Gasteiger partial charge in [0.15, 0.2) is 0 Å². The van der Waals surface area contributed by atoms with Gasteiger partial charge in [-0.15, -0.1) is 5.10 Å². The highest BCUT2D eigenvalue weighted by Crippen LogP contribution is 2.31. The van der Waals surface area contributed by atoms with E-state index in [0.29, 0.717) is 12.6 Å². The number of rotatable bonds is 5. The molecule has 1 aliphatic rings. The number of nitrogens with zero attached hydrogens (tertiary/aromatic N) is 3. The first-order chi connectivity index (χ1) is 8.20. The molecular formula is C12H22N4O. The minimum Gasteiger partial charge on any atom is -0.394 e. The predicted octanol–water partition coefficient (Wildman–Crippen LogP) is 0.795. The largest absolute Gasteiger partial charge is 0.394 e. The average Bonchev–Trinajstić information content (AvgIpc) is 2.87. The van der Waals surface area contributed by atoms with Crippen LogP contribution in [0.3, 0.4) is 0 Å². The first-order valence-corrected chi connectivity index (χ1v) is 6.44. The lowest BCUT2D eigenvalue weighted by Crippen LogP contribution is -2.32. The molecule has 3 atom stereocenters. The lowest BCUT2D eigenvalue weighted by Gasteiger charge is -2.18. The van der Waals surface area contributed by atoms with Crippen molar-refractivity contribution in [1.82, 2.24) is 20.3 Å². The van der Waals surface area contributed by atoms with Crippen molar-refractivity contribution in [3.8, 4) is 0 Å². The van der Waals surface area contributed by atoms with Crippen molar-refractivity contribution in [1.29, 1.82) is 0 Å². The average molecular weight is 238 g/mol. The molecule has 5 nitrogen and oxygen atoms in total. The van der Waals surface area contributed by atoms with Gasteiger partial charge in [0.25, 0.3) is 0 Å². The summed E-state index contributed by atoms with van der Waals surface area (Å²) in [5.74, 6) is 1.56. The summed E-state index contributed by atoms with van der Waals surface area (Å²) < 4.78 is 1.68. The van der Waals surface area contributed by atoms with Crippen molar-refractivity contribution in [2.45, 2.75) is 45.8 Å². The Morgan fingerprint density at radius 3 is 2.94 bits per heavy atom. The van der Waals surface area contributed by atoms with Gasteiger partial charge in [-0.1, -0.05) is 19.1 Å². The van der Waals surface area contributed by atoms with Crippen LogP contribution in [0, 0.1) is 11.8 Å². The number of nitrogens with one attached hydrogen (secondary N) is 1. The second kappa shape index (κ2) is 5.60. The lowest BCUT2D eigenvalue weighted by molar-refractivity contribution is 0.268. The van der Waals surface area contributed by atoms with Crippen LogP contribution in [-0.2, 0) is 13.1 Å². The third-order valence-corrected chi connectivity index (χ3v) is 3.93. The number of hydrogen-bond donors (Lipinski definition) is 2. The highest BCUT2D eigenvalue weighted by Gasteiger charge is 2.29. The summed E-state index contributed by atoms with van der Waals surface area (Å²) in [6, 6.07) is 0.605. The van der Waals surface area contributed by atoms with Crippen molar-refractivity contribution in [3.63, 3.8) is 0 Å². The lowest BCUT2D eigenvalue weighted by atomic mass is 9.98. The van der Waals surface area contributed by atoms with Gasteiger partial charge >= 0.3 is 0 Å². The molecule has 0 saturated heterocycles. The number of aromatic nitrogens is 3. The van der Waals surface area contributed by atoms with E-state index in [4.69, 9.17) is 5.11 Å². The normalized spacial score (nSPS) is 28.8. The van der Waals surface area contributed by atoms with Crippen LogP contribution in [0.2, 0.25) is 0 Å². The van der Waals surface area contributed by atoms with Crippen LogP contribution < -0.4 is 5.32 Å². The molecule has 2 N–H and O–H groups in total. The third-order valence-electron chi connectivity index (χ3n) is 3.93. The summed E-state index contributed by atoms with van der Waals surface area (Å²) in [4.78, 5) is 0. The van der Waals surface area contributed by atoms with Gasteiger partial charge in [-0.3, -0.25) is 0 Å². The minimum absolute atomic E-state index is 0.105. The van der Waals surface area contributed by atoms with Gasteiger partial charge < -0.3 is 10.4 Å². The standard InChI is InChI=1S/C12H22N4O/c1-9-3-4-12(10(9)2)13-7-11-8-16(5-6-17)15-14-11/h8-10,12-13,17H,3-7H2,1-2H3. The molecule has 0 aromatic carbocycles. The van der Waals surface area contributed by atoms with E-state index in [1.807, 2.05) is 6.20 Å². The molecule has 1 aromatic heterocycles. The van der Waals surface area contributed by atoms with Crippen LogP contribution in [0.25, 0.3) is 0 Å². The van der Waals surface area contributed by atoms with E-state index in [0.717, 1.165) is 24.1 Å². The zero-order valence-corrected chi connectivity index (χ0v) is 10.6. The molecule has 0 spiro atoms. The van der Waals surface area contributed by atoms with Crippen molar-refractivity contribution in [3.05, 3.63) is 11.9 Å². The van der Waals surface area contributed by atoms with E-state index in [9.17, 15) is 0 Å². The molecule has 0 radical (unpaired) electrons. The SMILES string of the molecule is CC1CCC(NCc2cn(CCO)nn2)C1C. The molecule has 1 aliphatic carbocycles. The van der Waals surface area contributed by atoms with Gasteiger partial charge in [0.2, 0.25) is 0 Å². The molecule has 0 bridgehead atoms. The molecular weight excluding hydrogens is 216 g/mol. The van der Waals surface area contributed by atoms with Crippen LogP contribution in [-0.4, -0.2) is 32.7 Å². The Hall–Kier alpha value is -0.940. The van der Waals surface area contributed by atoms with E-state index < -0.39 is 0 Å². The van der Waals surface area contributed by atoms with Crippen molar-refractivity contribution >= 4 is 0 Å². The molecule has 1 aromatic rings. The van der Waals surface area contributed by atoms with E-state index in [1.54, 1.807) is 4.68 Å². The first-order valence-electron chi connectivity index (χ1n) is 6.44. The summed E-state index contributed by atoms with van der Waals surface area (Å²) in [5, 5.41) is 20.4. The Kier molecular flexibility index (Phi) is 4.12. The molecule has 0 amide bonds. The van der Waals surface area contributed by atoms with Crippen LogP contribution in [0.5, 0.6) is 0 Å². The second-order valence-corrected chi connectivity index (χ2v) is 5.10. The third kappa shape index (κ3) is 3.04. The van der Waals surface area contributed by atoms with Gasteiger partial charge in [-0.05, 0) is 24.7 Å². The van der Waals surface area contributed by atoms with Gasteiger partial charge in [0.05, 0.1) is 18.8 Å². The van der Waals surface area contributed by atoms with Gasteiger partial charge in [-0.2, -0.15) is 0 Å². The maximum atomic E-state index is 8.79. The molecule has 1 saturated carbocycles. The highest BCUT2D eigenvalue weighted by atomic mass is 16.3. The van der Waals surface area contributed by atoms with Crippen LogP contribution in [0.15, 0.2) is 6.20 Å². The smallest absolute Gasteiger partial charge is 0.0964 e. The molecule has 1 fully saturated rings. The Labute approximate surface area is 102 Å². The quantitative estimate of drug-likeness (QED) is 0.796. The fourth-order valence-electron chi connectivity index (χ4n) is 2.52. The topological polar surface area (TPSA) is 63.0 Å². The van der Waals surface area contributed by atoms with E-state index in [-0.39, 0.29) is 6.61 Å². The number of hydrogen-bond acceptors (Lipinski definition) is 4. The van der Waals surface area contributed by atoms with Gasteiger partial charge in [0, 0.05) is 18.8 Å². The van der Waals surface area contributed by atoms with Crippen LogP contribution in [0.1, 0.15) is 32.4 Å². The second-order valence-electron chi connectivity index (χ2n) is 5.10. The summed E-state index contributed by atoms with van der Waals surface area (Å²) >= 11 is 0. The number of aliphatic hydroxyl groups excluding tert-OH is 1. The maximum absolute atomic E-state index is 8.79. The molecule has 2 rings (SSSR count). The Balaban J connectivity index is 1.81. The fraction of sp³-hybridized carbons (Fsp3) is 0.833. The Morgan fingerprint density at radius 2 is 2.29 bits per heavy atom. The van der Waals surface area contributed by atoms with Crippen LogP contribution in [0.4, 0.5) is 0 Å². The Morgan fingerprint density at radius 1 is 1.47 bits per heavy atom. The van der Waals surface area contributed by atoms with E-state index >= 15 is 0 Å². The van der Waals surface area contributed by atoms with E-state index in [2.05, 4.69) is 29.5 Å². The highest BCUT2D eigenvalue weighted by molar-refractivity contribution is 4.94. The van der Waals surface area contributed by atoms with Crippen molar-refractivity contribution in [2.75, 3.05) is 6.61 Å². The van der Waals surface area contributed by atoms with Crippen molar-refractivity contribution < 1.29 is 5.11 Å². The molecule has 17 heavy (non-hydrogen) atoms. The van der Waals surface area contributed by atoms with E-state index in [1.165, 1.54) is 12.8 Å². The first kappa shape index (κ1) is 12.5. The minimum atomic E-state index is 0.105. The summed E-state index contributed by atoms with van der Waals surface area (Å²) in [6.07, 6.45) is 4.47. The zero-order valence-electron chi connectivity index (χ0n) is 10.6. The molecule has 1 heterocycles. The fourth-order valence-corrected chi connectivity index (χ4v) is 2.52. The molecule has 3 unspecified atom stereocenters. The maximum Gasteiger partial charge on any atom is 0.0964 e. The van der Waals surface area contributed by atoms with Crippen molar-refractivity contribution in [2.24, 2.45) is 11.8 Å². The molecule has 0 aliphatic heterocycles.